The second-order valence-electron chi connectivity index (χ2n) is 6.49. The van der Waals surface area contributed by atoms with E-state index < -0.39 is 0 Å². The van der Waals surface area contributed by atoms with Crippen LogP contribution in [0.3, 0.4) is 0 Å². The van der Waals surface area contributed by atoms with Gasteiger partial charge in [-0.1, -0.05) is 37.7 Å². The molecule has 1 heterocycles. The zero-order valence-corrected chi connectivity index (χ0v) is 16.4. The summed E-state index contributed by atoms with van der Waals surface area (Å²) in [6.45, 7) is 9.88. The molecular formula is C19H27N3O2S. The SMILES string of the molecule is COc1cccc(CNC(=O)CSc2nc(C)c(C)n2CC(C)C)c1. The number of amides is 1. The molecule has 0 aliphatic heterocycles. The minimum Gasteiger partial charge on any atom is -0.497 e. The zero-order valence-electron chi connectivity index (χ0n) is 15.6. The van der Waals surface area contributed by atoms with Crippen molar-refractivity contribution < 1.29 is 9.53 Å². The number of imidazole rings is 1. The van der Waals surface area contributed by atoms with Crippen molar-refractivity contribution in [3.8, 4) is 5.75 Å². The van der Waals surface area contributed by atoms with Gasteiger partial charge in [-0.3, -0.25) is 4.79 Å². The molecule has 0 unspecified atom stereocenters. The van der Waals surface area contributed by atoms with Gasteiger partial charge < -0.3 is 14.6 Å². The number of aromatic nitrogens is 2. The molecule has 0 aliphatic rings. The van der Waals surface area contributed by atoms with E-state index in [1.165, 1.54) is 17.5 Å². The smallest absolute Gasteiger partial charge is 0.230 e. The highest BCUT2D eigenvalue weighted by Crippen LogP contribution is 2.22. The Morgan fingerprint density at radius 3 is 2.80 bits per heavy atom. The van der Waals surface area contributed by atoms with Gasteiger partial charge in [0.1, 0.15) is 5.75 Å². The molecule has 1 aromatic heterocycles. The highest BCUT2D eigenvalue weighted by Gasteiger charge is 2.14. The summed E-state index contributed by atoms with van der Waals surface area (Å²) in [5.41, 5.74) is 3.22. The molecule has 2 aromatic rings. The molecule has 25 heavy (non-hydrogen) atoms. The molecule has 0 radical (unpaired) electrons. The summed E-state index contributed by atoms with van der Waals surface area (Å²) < 4.78 is 7.41. The number of carbonyl (C=O) groups excluding carboxylic acids is 1. The van der Waals surface area contributed by atoms with E-state index >= 15 is 0 Å². The van der Waals surface area contributed by atoms with Crippen LogP contribution in [0.4, 0.5) is 0 Å². The third kappa shape index (κ3) is 5.53. The summed E-state index contributed by atoms with van der Waals surface area (Å²) >= 11 is 1.49. The quantitative estimate of drug-likeness (QED) is 0.730. The van der Waals surface area contributed by atoms with Crippen molar-refractivity contribution in [1.82, 2.24) is 14.9 Å². The van der Waals surface area contributed by atoms with Gasteiger partial charge in [0.25, 0.3) is 0 Å². The van der Waals surface area contributed by atoms with E-state index in [2.05, 4.69) is 35.6 Å². The fourth-order valence-electron chi connectivity index (χ4n) is 2.48. The Balaban J connectivity index is 1.90. The van der Waals surface area contributed by atoms with Gasteiger partial charge in [-0.05, 0) is 37.5 Å². The third-order valence-corrected chi connectivity index (χ3v) is 4.90. The van der Waals surface area contributed by atoms with Crippen molar-refractivity contribution in [1.29, 1.82) is 0 Å². The van der Waals surface area contributed by atoms with Crippen molar-refractivity contribution in [2.24, 2.45) is 5.92 Å². The lowest BCUT2D eigenvalue weighted by Gasteiger charge is -2.12. The van der Waals surface area contributed by atoms with Crippen LogP contribution in [0.25, 0.3) is 0 Å². The van der Waals surface area contributed by atoms with Gasteiger partial charge in [-0.15, -0.1) is 0 Å². The van der Waals surface area contributed by atoms with E-state index in [9.17, 15) is 4.79 Å². The molecule has 1 amide bonds. The maximum absolute atomic E-state index is 12.2. The molecule has 0 bridgehead atoms. The predicted octanol–water partition coefficient (Wildman–Crippen LogP) is 3.57. The molecule has 5 nitrogen and oxygen atoms in total. The standard InChI is InChI=1S/C19H27N3O2S/c1-13(2)11-22-15(4)14(3)21-19(22)25-12-18(23)20-10-16-7-6-8-17(9-16)24-5/h6-9,13H,10-12H2,1-5H3,(H,20,23). The Morgan fingerprint density at radius 1 is 1.36 bits per heavy atom. The number of ether oxygens (including phenoxy) is 1. The van der Waals surface area contributed by atoms with Gasteiger partial charge in [-0.2, -0.15) is 0 Å². The first kappa shape index (κ1) is 19.4. The van der Waals surface area contributed by atoms with E-state index in [0.29, 0.717) is 18.2 Å². The maximum Gasteiger partial charge on any atom is 0.230 e. The van der Waals surface area contributed by atoms with Crippen LogP contribution in [0.5, 0.6) is 5.75 Å². The van der Waals surface area contributed by atoms with E-state index in [-0.39, 0.29) is 5.91 Å². The van der Waals surface area contributed by atoms with Crippen molar-refractivity contribution in [3.05, 3.63) is 41.2 Å². The average molecular weight is 362 g/mol. The highest BCUT2D eigenvalue weighted by molar-refractivity contribution is 7.99. The number of nitrogens with zero attached hydrogens (tertiary/aromatic N) is 2. The number of hydrogen-bond acceptors (Lipinski definition) is 4. The first-order valence-electron chi connectivity index (χ1n) is 8.46. The Morgan fingerprint density at radius 2 is 2.12 bits per heavy atom. The van der Waals surface area contributed by atoms with E-state index in [1.54, 1.807) is 7.11 Å². The summed E-state index contributed by atoms with van der Waals surface area (Å²) in [5.74, 6) is 1.69. The average Bonchev–Trinajstić information content (AvgIpc) is 2.85. The van der Waals surface area contributed by atoms with Crippen molar-refractivity contribution in [3.63, 3.8) is 0 Å². The van der Waals surface area contributed by atoms with Gasteiger partial charge in [0.15, 0.2) is 5.16 Å². The number of nitrogens with one attached hydrogen (secondary N) is 1. The van der Waals surface area contributed by atoms with Crippen LogP contribution in [0, 0.1) is 19.8 Å². The lowest BCUT2D eigenvalue weighted by molar-refractivity contribution is -0.118. The van der Waals surface area contributed by atoms with Crippen molar-refractivity contribution >= 4 is 17.7 Å². The zero-order chi connectivity index (χ0) is 18.4. The number of thioether (sulfide) groups is 1. The molecular weight excluding hydrogens is 334 g/mol. The molecule has 2 rings (SSSR count). The predicted molar refractivity (Wildman–Crippen MR) is 102 cm³/mol. The lowest BCUT2D eigenvalue weighted by Crippen LogP contribution is -2.24. The van der Waals surface area contributed by atoms with Crippen LogP contribution in [0.2, 0.25) is 0 Å². The van der Waals surface area contributed by atoms with E-state index in [4.69, 9.17) is 4.74 Å². The Labute approximate surface area is 154 Å². The highest BCUT2D eigenvalue weighted by atomic mass is 32.2. The fourth-order valence-corrected chi connectivity index (χ4v) is 3.41. The minimum atomic E-state index is 0.00206. The van der Waals surface area contributed by atoms with Crippen LogP contribution in [-0.4, -0.2) is 28.3 Å². The van der Waals surface area contributed by atoms with Gasteiger partial charge in [0.2, 0.25) is 5.91 Å². The maximum atomic E-state index is 12.2. The van der Waals surface area contributed by atoms with E-state index in [1.807, 2.05) is 31.2 Å². The number of benzene rings is 1. The summed E-state index contributed by atoms with van der Waals surface area (Å²) in [4.78, 5) is 16.8. The van der Waals surface area contributed by atoms with Crippen molar-refractivity contribution in [2.75, 3.05) is 12.9 Å². The number of methoxy groups -OCH3 is 1. The van der Waals surface area contributed by atoms with Crippen LogP contribution >= 0.6 is 11.8 Å². The van der Waals surface area contributed by atoms with E-state index in [0.717, 1.165) is 28.7 Å². The largest absolute Gasteiger partial charge is 0.497 e. The second-order valence-corrected chi connectivity index (χ2v) is 7.43. The van der Waals surface area contributed by atoms with Crippen LogP contribution in [0.1, 0.15) is 30.8 Å². The molecule has 0 fully saturated rings. The molecule has 0 atom stereocenters. The monoisotopic (exact) mass is 361 g/mol. The molecule has 1 aromatic carbocycles. The summed E-state index contributed by atoms with van der Waals surface area (Å²) in [5, 5.41) is 3.87. The first-order valence-corrected chi connectivity index (χ1v) is 9.45. The van der Waals surface area contributed by atoms with Gasteiger partial charge in [0.05, 0.1) is 18.6 Å². The molecule has 0 saturated heterocycles. The van der Waals surface area contributed by atoms with Crippen LogP contribution < -0.4 is 10.1 Å². The molecule has 136 valence electrons. The summed E-state index contributed by atoms with van der Waals surface area (Å²) in [6.07, 6.45) is 0. The molecule has 0 aliphatic carbocycles. The number of aryl methyl sites for hydroxylation is 1. The molecule has 6 heteroatoms. The lowest BCUT2D eigenvalue weighted by atomic mass is 10.2. The Hall–Kier alpha value is -1.95. The number of hydrogen-bond donors (Lipinski definition) is 1. The fraction of sp³-hybridized carbons (Fsp3) is 0.474. The summed E-state index contributed by atoms with van der Waals surface area (Å²) in [7, 11) is 1.64. The van der Waals surface area contributed by atoms with Gasteiger partial charge in [0, 0.05) is 18.8 Å². The Bertz CT molecular complexity index is 725. The first-order chi connectivity index (χ1) is 11.9. The number of rotatable bonds is 8. The second kappa shape index (κ2) is 8.94. The minimum absolute atomic E-state index is 0.00206. The number of carbonyl (C=O) groups is 1. The third-order valence-electron chi connectivity index (χ3n) is 3.93. The molecule has 0 saturated carbocycles. The van der Waals surface area contributed by atoms with Gasteiger partial charge in [-0.25, -0.2) is 4.98 Å². The molecule has 0 spiro atoms. The van der Waals surface area contributed by atoms with Crippen molar-refractivity contribution in [2.45, 2.75) is 45.9 Å². The van der Waals surface area contributed by atoms with Gasteiger partial charge >= 0.3 is 0 Å². The Kier molecular flexibility index (Phi) is 6.93. The summed E-state index contributed by atoms with van der Waals surface area (Å²) in [6, 6.07) is 7.71. The van der Waals surface area contributed by atoms with Crippen LogP contribution in [-0.2, 0) is 17.9 Å². The topological polar surface area (TPSA) is 56.1 Å². The molecule has 1 N–H and O–H groups in total. The van der Waals surface area contributed by atoms with Crippen LogP contribution in [0.15, 0.2) is 29.4 Å². The normalized spacial score (nSPS) is 11.0.